The molecular formula is C20H19N5O2. The third-order valence-electron chi connectivity index (χ3n) is 5.03. The van der Waals surface area contributed by atoms with Crippen LogP contribution in [0.5, 0.6) is 11.5 Å². The maximum atomic E-state index is 6.14. The first-order chi connectivity index (χ1) is 13.2. The van der Waals surface area contributed by atoms with Gasteiger partial charge in [0.2, 0.25) is 5.95 Å². The predicted octanol–water partition coefficient (Wildman–Crippen LogP) is 1.93. The van der Waals surface area contributed by atoms with Crippen LogP contribution in [0, 0.1) is 0 Å². The molecule has 0 saturated heterocycles. The van der Waals surface area contributed by atoms with E-state index >= 15 is 0 Å². The van der Waals surface area contributed by atoms with Gasteiger partial charge in [-0.3, -0.25) is 4.99 Å². The van der Waals surface area contributed by atoms with Gasteiger partial charge in [-0.05, 0) is 23.8 Å². The normalized spacial score (nSPS) is 25.7. The molecule has 0 saturated carbocycles. The Morgan fingerprint density at radius 1 is 1.19 bits per heavy atom. The number of benzene rings is 1. The number of nitrogen functional groups attached to an aromatic ring is 1. The monoisotopic (exact) mass is 361 g/mol. The smallest absolute Gasteiger partial charge is 0.220 e. The molecule has 2 aromatic rings. The summed E-state index contributed by atoms with van der Waals surface area (Å²) in [6.45, 7) is 0.447. The van der Waals surface area contributed by atoms with Crippen molar-refractivity contribution in [2.24, 2.45) is 4.99 Å². The zero-order valence-corrected chi connectivity index (χ0v) is 14.8. The molecule has 3 heterocycles. The van der Waals surface area contributed by atoms with Gasteiger partial charge >= 0.3 is 0 Å². The Hall–Kier alpha value is -3.35. The Morgan fingerprint density at radius 3 is 2.89 bits per heavy atom. The molecule has 27 heavy (non-hydrogen) atoms. The molecule has 3 aliphatic rings. The molecule has 0 spiro atoms. The minimum absolute atomic E-state index is 0.0497. The van der Waals surface area contributed by atoms with Crippen molar-refractivity contribution in [1.29, 1.82) is 0 Å². The van der Waals surface area contributed by atoms with Gasteiger partial charge in [-0.15, -0.1) is 0 Å². The Bertz CT molecular complexity index is 984. The number of hydrogen-bond donors (Lipinski definition) is 1. The molecule has 3 atom stereocenters. The van der Waals surface area contributed by atoms with Crippen LogP contribution in [0.15, 0.2) is 59.7 Å². The van der Waals surface area contributed by atoms with Gasteiger partial charge in [-0.25, -0.2) is 9.97 Å². The fourth-order valence-corrected chi connectivity index (χ4v) is 3.67. The number of aromatic nitrogens is 2. The molecule has 1 aliphatic carbocycles. The molecule has 1 aromatic carbocycles. The van der Waals surface area contributed by atoms with Crippen LogP contribution in [-0.4, -0.2) is 52.5 Å². The van der Waals surface area contributed by atoms with E-state index in [1.165, 1.54) is 0 Å². The van der Waals surface area contributed by atoms with E-state index in [0.717, 1.165) is 28.6 Å². The molecule has 3 unspecified atom stereocenters. The number of allylic oxidation sites excluding steroid dienone is 2. The Balaban J connectivity index is 1.40. The van der Waals surface area contributed by atoms with E-state index < -0.39 is 0 Å². The molecule has 2 aliphatic heterocycles. The van der Waals surface area contributed by atoms with E-state index in [4.69, 9.17) is 20.2 Å². The number of ether oxygens (including phenoxy) is 2. The number of para-hydroxylation sites is 2. The van der Waals surface area contributed by atoms with Crippen LogP contribution in [0.25, 0.3) is 5.57 Å². The summed E-state index contributed by atoms with van der Waals surface area (Å²) in [6, 6.07) is 9.73. The van der Waals surface area contributed by atoms with E-state index in [9.17, 15) is 0 Å². The summed E-state index contributed by atoms with van der Waals surface area (Å²) in [5.74, 6) is 2.69. The van der Waals surface area contributed by atoms with Crippen LogP contribution in [0.4, 0.5) is 5.95 Å². The Kier molecular flexibility index (Phi) is 3.60. The van der Waals surface area contributed by atoms with Gasteiger partial charge in [0.15, 0.2) is 17.6 Å². The third-order valence-corrected chi connectivity index (χ3v) is 5.03. The molecule has 0 bridgehead atoms. The summed E-state index contributed by atoms with van der Waals surface area (Å²) in [4.78, 5) is 15.3. The van der Waals surface area contributed by atoms with Crippen LogP contribution in [0.3, 0.4) is 0 Å². The summed E-state index contributed by atoms with van der Waals surface area (Å²) in [5, 5.41) is 0. The Labute approximate surface area is 156 Å². The molecular weight excluding hydrogens is 342 g/mol. The number of fused-ring (bicyclic) bond motifs is 2. The average Bonchev–Trinajstić information content (AvgIpc) is 3.04. The van der Waals surface area contributed by atoms with Crippen molar-refractivity contribution < 1.29 is 9.47 Å². The average molecular weight is 361 g/mol. The molecule has 0 amide bonds. The van der Waals surface area contributed by atoms with Gasteiger partial charge in [-0.2, -0.15) is 0 Å². The fourth-order valence-electron chi connectivity index (χ4n) is 3.67. The summed E-state index contributed by atoms with van der Waals surface area (Å²) in [5.41, 5.74) is 7.55. The lowest BCUT2D eigenvalue weighted by Crippen LogP contribution is -2.46. The summed E-state index contributed by atoms with van der Waals surface area (Å²) in [6.07, 6.45) is 7.75. The van der Waals surface area contributed by atoms with Crippen molar-refractivity contribution in [2.45, 2.75) is 18.2 Å². The summed E-state index contributed by atoms with van der Waals surface area (Å²) < 4.78 is 12.0. The summed E-state index contributed by atoms with van der Waals surface area (Å²) in [7, 11) is 2.04. The second-order valence-electron chi connectivity index (χ2n) is 6.72. The van der Waals surface area contributed by atoms with E-state index in [-0.39, 0.29) is 24.1 Å². The van der Waals surface area contributed by atoms with Gasteiger partial charge in [0, 0.05) is 13.2 Å². The van der Waals surface area contributed by atoms with Gasteiger partial charge in [0.05, 0.1) is 17.8 Å². The summed E-state index contributed by atoms with van der Waals surface area (Å²) >= 11 is 0. The predicted molar refractivity (Wildman–Crippen MR) is 103 cm³/mol. The van der Waals surface area contributed by atoms with Crippen molar-refractivity contribution in [1.82, 2.24) is 14.9 Å². The highest BCUT2D eigenvalue weighted by Gasteiger charge is 2.39. The van der Waals surface area contributed by atoms with Crippen LogP contribution in [0.2, 0.25) is 0 Å². The maximum Gasteiger partial charge on any atom is 0.220 e. The van der Waals surface area contributed by atoms with Crippen LogP contribution in [0.1, 0.15) is 5.69 Å². The van der Waals surface area contributed by atoms with Crippen LogP contribution >= 0.6 is 0 Å². The maximum absolute atomic E-state index is 6.14. The zero-order chi connectivity index (χ0) is 18.4. The molecule has 2 N–H and O–H groups in total. The van der Waals surface area contributed by atoms with Crippen LogP contribution in [-0.2, 0) is 0 Å². The van der Waals surface area contributed by atoms with E-state index in [0.29, 0.717) is 6.61 Å². The second-order valence-corrected chi connectivity index (χ2v) is 6.72. The highest BCUT2D eigenvalue weighted by molar-refractivity contribution is 5.91. The lowest BCUT2D eigenvalue weighted by Gasteiger charge is -2.31. The topological polar surface area (TPSA) is 85.9 Å². The van der Waals surface area contributed by atoms with Gasteiger partial charge < -0.3 is 20.1 Å². The van der Waals surface area contributed by atoms with E-state index in [1.807, 2.05) is 43.5 Å². The second kappa shape index (κ2) is 6.12. The zero-order valence-electron chi connectivity index (χ0n) is 14.8. The molecule has 0 fully saturated rings. The first-order valence-electron chi connectivity index (χ1n) is 8.87. The lowest BCUT2D eigenvalue weighted by atomic mass is 9.96. The standard InChI is InChI=1S/C20H19N5O2/c1-25-15-10-12(13-8-9-22-20(21)24-13)6-7-14(15)23-19(25)18-11-26-16-4-2-3-5-17(16)27-18/h2-10,14-15,18H,11H2,1H3,(H2,21,22,24). The Morgan fingerprint density at radius 2 is 2.04 bits per heavy atom. The van der Waals surface area contributed by atoms with Gasteiger partial charge in [0.25, 0.3) is 0 Å². The minimum Gasteiger partial charge on any atom is -0.485 e. The number of hydrogen-bond acceptors (Lipinski definition) is 7. The molecule has 136 valence electrons. The quantitative estimate of drug-likeness (QED) is 0.880. The highest BCUT2D eigenvalue weighted by Crippen LogP contribution is 2.34. The number of nitrogens with zero attached hydrogens (tertiary/aromatic N) is 4. The van der Waals surface area contributed by atoms with Gasteiger partial charge in [-0.1, -0.05) is 30.4 Å². The molecule has 1 aromatic heterocycles. The highest BCUT2D eigenvalue weighted by atomic mass is 16.6. The molecule has 0 radical (unpaired) electrons. The van der Waals surface area contributed by atoms with Gasteiger partial charge in [0.1, 0.15) is 12.4 Å². The fraction of sp³-hybridized carbons (Fsp3) is 0.250. The number of nitrogens with two attached hydrogens (primary N) is 1. The number of anilines is 1. The van der Waals surface area contributed by atoms with Crippen molar-refractivity contribution >= 4 is 17.4 Å². The largest absolute Gasteiger partial charge is 0.485 e. The molecule has 7 heteroatoms. The van der Waals surface area contributed by atoms with E-state index in [2.05, 4.69) is 27.0 Å². The number of rotatable bonds is 2. The minimum atomic E-state index is -0.226. The van der Waals surface area contributed by atoms with E-state index in [1.54, 1.807) is 6.20 Å². The molecule has 7 nitrogen and oxygen atoms in total. The number of likely N-dealkylation sites (N-methyl/N-ethyl adjacent to an activating group) is 1. The van der Waals surface area contributed by atoms with Crippen molar-refractivity contribution in [3.8, 4) is 11.5 Å². The van der Waals surface area contributed by atoms with Crippen molar-refractivity contribution in [2.75, 3.05) is 19.4 Å². The number of amidine groups is 1. The third kappa shape index (κ3) is 2.71. The first-order valence-corrected chi connectivity index (χ1v) is 8.87. The molecule has 5 rings (SSSR count). The number of aliphatic imine (C=N–C) groups is 1. The lowest BCUT2D eigenvalue weighted by molar-refractivity contribution is 0.127. The van der Waals surface area contributed by atoms with Crippen molar-refractivity contribution in [3.63, 3.8) is 0 Å². The van der Waals surface area contributed by atoms with Crippen molar-refractivity contribution in [3.05, 3.63) is 60.5 Å². The SMILES string of the molecule is CN1C(C2COc3ccccc3O2)=NC2C=CC(c3ccnc(N)n3)=CC21. The van der Waals surface area contributed by atoms with Crippen LogP contribution < -0.4 is 15.2 Å². The first kappa shape index (κ1) is 15.9.